The number of nitrogens with one attached hydrogen (secondary N) is 2. The van der Waals surface area contributed by atoms with Crippen molar-refractivity contribution >= 4 is 0 Å². The molecular weight excluding hydrogens is 220 g/mol. The second kappa shape index (κ2) is 12.0. The van der Waals surface area contributed by atoms with E-state index >= 15 is 0 Å². The minimum absolute atomic E-state index is 0.606. The van der Waals surface area contributed by atoms with Gasteiger partial charge in [-0.15, -0.1) is 0 Å². The highest BCUT2D eigenvalue weighted by Gasteiger charge is 2.15. The largest absolute Gasteiger partial charge is 0.317 e. The molecule has 0 radical (unpaired) electrons. The van der Waals surface area contributed by atoms with E-state index in [9.17, 15) is 0 Å². The van der Waals surface area contributed by atoms with E-state index in [1.54, 1.807) is 0 Å². The Labute approximate surface area is 115 Å². The standard InChI is InChI=1S/C16H36N2/c1-6-8-9-11-17-12-10-16(15(5)7-2)13-18-14(3)4/h14-18H,6-13H2,1-5H3. The summed E-state index contributed by atoms with van der Waals surface area (Å²) in [5, 5.41) is 7.18. The predicted molar refractivity (Wildman–Crippen MR) is 83.1 cm³/mol. The Kier molecular flexibility index (Phi) is 11.9. The molecule has 0 rings (SSSR count). The molecule has 0 aliphatic rings. The maximum Gasteiger partial charge on any atom is 0.00104 e. The second-order valence-corrected chi connectivity index (χ2v) is 5.95. The van der Waals surface area contributed by atoms with Gasteiger partial charge in [-0.05, 0) is 44.3 Å². The highest BCUT2D eigenvalue weighted by Crippen LogP contribution is 2.17. The highest BCUT2D eigenvalue weighted by molar-refractivity contribution is 4.70. The third-order valence-electron chi connectivity index (χ3n) is 3.89. The van der Waals surface area contributed by atoms with E-state index in [2.05, 4.69) is 45.3 Å². The minimum Gasteiger partial charge on any atom is -0.317 e. The molecule has 2 N–H and O–H groups in total. The number of hydrogen-bond acceptors (Lipinski definition) is 2. The van der Waals surface area contributed by atoms with Crippen LogP contribution in [0.25, 0.3) is 0 Å². The summed E-state index contributed by atoms with van der Waals surface area (Å²) in [4.78, 5) is 0. The predicted octanol–water partition coefficient (Wildman–Crippen LogP) is 3.82. The van der Waals surface area contributed by atoms with Gasteiger partial charge in [0.25, 0.3) is 0 Å². The van der Waals surface area contributed by atoms with Crippen molar-refractivity contribution in [1.82, 2.24) is 10.6 Å². The Morgan fingerprint density at radius 3 is 2.22 bits per heavy atom. The quantitative estimate of drug-likeness (QED) is 0.519. The van der Waals surface area contributed by atoms with Crippen LogP contribution in [0, 0.1) is 11.8 Å². The lowest BCUT2D eigenvalue weighted by molar-refractivity contribution is 0.300. The van der Waals surface area contributed by atoms with Crippen LogP contribution in [0.2, 0.25) is 0 Å². The third-order valence-corrected chi connectivity index (χ3v) is 3.89. The highest BCUT2D eigenvalue weighted by atomic mass is 14.9. The summed E-state index contributed by atoms with van der Waals surface area (Å²) >= 11 is 0. The van der Waals surface area contributed by atoms with Crippen LogP contribution in [0.5, 0.6) is 0 Å². The molecule has 0 aliphatic carbocycles. The molecule has 0 bridgehead atoms. The van der Waals surface area contributed by atoms with Crippen molar-refractivity contribution in [2.24, 2.45) is 11.8 Å². The molecule has 0 aromatic heterocycles. The summed E-state index contributed by atoms with van der Waals surface area (Å²) in [6.07, 6.45) is 6.60. The van der Waals surface area contributed by atoms with Crippen LogP contribution in [0.4, 0.5) is 0 Å². The van der Waals surface area contributed by atoms with Crippen molar-refractivity contribution in [2.45, 2.75) is 72.8 Å². The van der Waals surface area contributed by atoms with Gasteiger partial charge in [-0.1, -0.05) is 53.9 Å². The van der Waals surface area contributed by atoms with Crippen LogP contribution < -0.4 is 10.6 Å². The van der Waals surface area contributed by atoms with Crippen LogP contribution in [-0.4, -0.2) is 25.7 Å². The molecule has 18 heavy (non-hydrogen) atoms. The molecular formula is C16H36N2. The lowest BCUT2D eigenvalue weighted by atomic mass is 9.88. The molecule has 2 unspecified atom stereocenters. The van der Waals surface area contributed by atoms with Gasteiger partial charge in [0.05, 0.1) is 0 Å². The smallest absolute Gasteiger partial charge is 0.00104 e. The fourth-order valence-electron chi connectivity index (χ4n) is 2.22. The van der Waals surface area contributed by atoms with Gasteiger partial charge in [0.1, 0.15) is 0 Å². The first-order valence-electron chi connectivity index (χ1n) is 8.05. The second-order valence-electron chi connectivity index (χ2n) is 5.95. The van der Waals surface area contributed by atoms with Crippen molar-refractivity contribution in [3.8, 4) is 0 Å². The van der Waals surface area contributed by atoms with E-state index in [1.165, 1.54) is 51.7 Å². The van der Waals surface area contributed by atoms with Gasteiger partial charge < -0.3 is 10.6 Å². The van der Waals surface area contributed by atoms with Gasteiger partial charge in [-0.2, -0.15) is 0 Å². The minimum atomic E-state index is 0.606. The first kappa shape index (κ1) is 17.9. The van der Waals surface area contributed by atoms with Crippen LogP contribution in [0.15, 0.2) is 0 Å². The summed E-state index contributed by atoms with van der Waals surface area (Å²) in [5.41, 5.74) is 0. The normalized spacial score (nSPS) is 15.0. The molecule has 0 aliphatic heterocycles. The number of rotatable bonds is 12. The summed E-state index contributed by atoms with van der Waals surface area (Å²) in [6, 6.07) is 0.606. The van der Waals surface area contributed by atoms with Gasteiger partial charge in [0, 0.05) is 6.04 Å². The van der Waals surface area contributed by atoms with E-state index in [1.807, 2.05) is 0 Å². The van der Waals surface area contributed by atoms with E-state index in [0.29, 0.717) is 6.04 Å². The zero-order valence-electron chi connectivity index (χ0n) is 13.4. The van der Waals surface area contributed by atoms with E-state index in [-0.39, 0.29) is 0 Å². The molecule has 110 valence electrons. The van der Waals surface area contributed by atoms with Gasteiger partial charge in [0.2, 0.25) is 0 Å². The first-order valence-corrected chi connectivity index (χ1v) is 8.05. The Morgan fingerprint density at radius 2 is 1.67 bits per heavy atom. The summed E-state index contributed by atoms with van der Waals surface area (Å²) in [6.45, 7) is 15.0. The van der Waals surface area contributed by atoms with Crippen LogP contribution in [-0.2, 0) is 0 Å². The Hall–Kier alpha value is -0.0800. The average Bonchev–Trinajstić information content (AvgIpc) is 2.35. The van der Waals surface area contributed by atoms with Crippen molar-refractivity contribution in [2.75, 3.05) is 19.6 Å². The molecule has 0 fully saturated rings. The zero-order chi connectivity index (χ0) is 13.8. The molecule has 0 saturated carbocycles. The van der Waals surface area contributed by atoms with Crippen molar-refractivity contribution in [3.05, 3.63) is 0 Å². The van der Waals surface area contributed by atoms with Gasteiger partial charge in [-0.3, -0.25) is 0 Å². The molecule has 0 aromatic carbocycles. The fourth-order valence-corrected chi connectivity index (χ4v) is 2.22. The number of hydrogen-bond donors (Lipinski definition) is 2. The maximum atomic E-state index is 3.59. The van der Waals surface area contributed by atoms with E-state index in [4.69, 9.17) is 0 Å². The fraction of sp³-hybridized carbons (Fsp3) is 1.00. The third kappa shape index (κ3) is 9.90. The van der Waals surface area contributed by atoms with E-state index in [0.717, 1.165) is 11.8 Å². The summed E-state index contributed by atoms with van der Waals surface area (Å²) < 4.78 is 0. The topological polar surface area (TPSA) is 24.1 Å². The lowest BCUT2D eigenvalue weighted by Crippen LogP contribution is -2.33. The molecule has 0 saturated heterocycles. The number of unbranched alkanes of at least 4 members (excludes halogenated alkanes) is 2. The molecule has 0 heterocycles. The summed E-state index contributed by atoms with van der Waals surface area (Å²) in [7, 11) is 0. The molecule has 2 atom stereocenters. The Balaban J connectivity index is 3.72. The molecule has 0 aromatic rings. The van der Waals surface area contributed by atoms with Crippen molar-refractivity contribution in [1.29, 1.82) is 0 Å². The van der Waals surface area contributed by atoms with Crippen LogP contribution in [0.3, 0.4) is 0 Å². The van der Waals surface area contributed by atoms with Crippen LogP contribution >= 0.6 is 0 Å². The maximum absolute atomic E-state index is 3.59. The molecule has 0 amide bonds. The van der Waals surface area contributed by atoms with Crippen LogP contribution in [0.1, 0.15) is 66.7 Å². The SMILES string of the molecule is CCCCCNCCC(CNC(C)C)C(C)CC. The lowest BCUT2D eigenvalue weighted by Gasteiger charge is -2.24. The average molecular weight is 256 g/mol. The summed E-state index contributed by atoms with van der Waals surface area (Å²) in [5.74, 6) is 1.64. The molecule has 0 spiro atoms. The monoisotopic (exact) mass is 256 g/mol. The first-order chi connectivity index (χ1) is 8.61. The van der Waals surface area contributed by atoms with Gasteiger partial charge in [-0.25, -0.2) is 0 Å². The Morgan fingerprint density at radius 1 is 0.944 bits per heavy atom. The molecule has 2 heteroatoms. The zero-order valence-corrected chi connectivity index (χ0v) is 13.4. The van der Waals surface area contributed by atoms with Gasteiger partial charge >= 0.3 is 0 Å². The van der Waals surface area contributed by atoms with Crippen molar-refractivity contribution < 1.29 is 0 Å². The van der Waals surface area contributed by atoms with Crippen molar-refractivity contribution in [3.63, 3.8) is 0 Å². The molecule has 2 nitrogen and oxygen atoms in total. The Bertz CT molecular complexity index is 168. The van der Waals surface area contributed by atoms with E-state index < -0.39 is 0 Å². The van der Waals surface area contributed by atoms with Gasteiger partial charge in [0.15, 0.2) is 0 Å².